The van der Waals surface area contributed by atoms with Crippen LogP contribution in [0.15, 0.2) is 0 Å². The Morgan fingerprint density at radius 3 is 2.19 bits per heavy atom. The molecule has 90 valence electrons. The van der Waals surface area contributed by atoms with Gasteiger partial charge < -0.3 is 10.6 Å². The summed E-state index contributed by atoms with van der Waals surface area (Å²) in [6.07, 6.45) is 8.84. The first-order chi connectivity index (χ1) is 7.93. The Bertz CT molecular complexity index is 258. The van der Waals surface area contributed by atoms with Crippen molar-refractivity contribution < 1.29 is 0 Å². The van der Waals surface area contributed by atoms with Crippen LogP contribution in [0.5, 0.6) is 0 Å². The van der Waals surface area contributed by atoms with Crippen LogP contribution in [0.4, 0.5) is 0 Å². The van der Waals surface area contributed by atoms with E-state index in [1.54, 1.807) is 19.3 Å². The van der Waals surface area contributed by atoms with Gasteiger partial charge in [-0.1, -0.05) is 0 Å². The van der Waals surface area contributed by atoms with Crippen molar-refractivity contribution in [1.82, 2.24) is 10.6 Å². The van der Waals surface area contributed by atoms with Crippen molar-refractivity contribution in [3.8, 4) is 0 Å². The van der Waals surface area contributed by atoms with Gasteiger partial charge in [0.15, 0.2) is 0 Å². The maximum Gasteiger partial charge on any atom is 0.0136 e. The summed E-state index contributed by atoms with van der Waals surface area (Å²) in [6.45, 7) is 2.48. The Labute approximate surface area is 98.6 Å². The van der Waals surface area contributed by atoms with Crippen molar-refractivity contribution in [3.05, 3.63) is 0 Å². The van der Waals surface area contributed by atoms with Crippen LogP contribution in [-0.2, 0) is 0 Å². The lowest BCUT2D eigenvalue weighted by atomic mass is 10.0. The normalized spacial score (nSPS) is 48.4. The van der Waals surface area contributed by atoms with Crippen LogP contribution >= 0.6 is 0 Å². The van der Waals surface area contributed by atoms with E-state index >= 15 is 0 Å². The van der Waals surface area contributed by atoms with E-state index in [-0.39, 0.29) is 0 Å². The van der Waals surface area contributed by atoms with E-state index in [2.05, 4.69) is 10.6 Å². The molecule has 4 aliphatic rings. The second kappa shape index (κ2) is 3.71. The molecule has 0 aromatic rings. The molecule has 4 aliphatic carbocycles. The van der Waals surface area contributed by atoms with E-state index < -0.39 is 0 Å². The second-order valence-corrected chi connectivity index (χ2v) is 6.55. The lowest BCUT2D eigenvalue weighted by Gasteiger charge is -2.10. The van der Waals surface area contributed by atoms with Gasteiger partial charge in [-0.2, -0.15) is 0 Å². The predicted molar refractivity (Wildman–Crippen MR) is 65.2 cm³/mol. The largest absolute Gasteiger partial charge is 0.314 e. The summed E-state index contributed by atoms with van der Waals surface area (Å²) in [4.78, 5) is 0. The zero-order valence-electron chi connectivity index (χ0n) is 10.1. The average molecular weight is 220 g/mol. The van der Waals surface area contributed by atoms with E-state index in [1.807, 2.05) is 0 Å². The topological polar surface area (TPSA) is 24.1 Å². The number of hydrogen-bond donors (Lipinski definition) is 2. The molecule has 0 aromatic heterocycles. The fraction of sp³-hybridized carbons (Fsp3) is 1.00. The molecule has 0 spiro atoms. The van der Waals surface area contributed by atoms with E-state index in [9.17, 15) is 0 Å². The van der Waals surface area contributed by atoms with Gasteiger partial charge in [0, 0.05) is 12.1 Å². The maximum absolute atomic E-state index is 3.81. The molecule has 2 N–H and O–H groups in total. The molecule has 4 rings (SSSR count). The summed E-state index contributed by atoms with van der Waals surface area (Å²) < 4.78 is 0. The summed E-state index contributed by atoms with van der Waals surface area (Å²) >= 11 is 0. The Hall–Kier alpha value is -0.0800. The first kappa shape index (κ1) is 9.90. The minimum atomic E-state index is 0.885. The minimum absolute atomic E-state index is 0.885. The number of fused-ring (bicyclic) bond motifs is 5. The van der Waals surface area contributed by atoms with Crippen molar-refractivity contribution >= 4 is 0 Å². The van der Waals surface area contributed by atoms with Gasteiger partial charge >= 0.3 is 0 Å². The third kappa shape index (κ3) is 1.62. The van der Waals surface area contributed by atoms with E-state index in [0.29, 0.717) is 0 Å². The van der Waals surface area contributed by atoms with Gasteiger partial charge in [-0.05, 0) is 75.3 Å². The van der Waals surface area contributed by atoms with Gasteiger partial charge in [-0.25, -0.2) is 0 Å². The fourth-order valence-corrected chi connectivity index (χ4v) is 4.55. The van der Waals surface area contributed by atoms with Crippen molar-refractivity contribution in [2.75, 3.05) is 13.1 Å². The molecule has 2 nitrogen and oxygen atoms in total. The van der Waals surface area contributed by atoms with E-state index in [4.69, 9.17) is 0 Å². The molecule has 16 heavy (non-hydrogen) atoms. The van der Waals surface area contributed by atoms with Gasteiger partial charge in [-0.3, -0.25) is 0 Å². The maximum atomic E-state index is 3.81. The Morgan fingerprint density at radius 1 is 0.812 bits per heavy atom. The van der Waals surface area contributed by atoms with Gasteiger partial charge in [0.1, 0.15) is 0 Å². The smallest absolute Gasteiger partial charge is 0.0136 e. The van der Waals surface area contributed by atoms with Crippen LogP contribution in [0.1, 0.15) is 38.5 Å². The SMILES string of the molecule is C(CNC1CC1)CNC1C2C3CCC(C3)C12. The quantitative estimate of drug-likeness (QED) is 0.667. The molecule has 4 unspecified atom stereocenters. The fourth-order valence-electron chi connectivity index (χ4n) is 4.55. The van der Waals surface area contributed by atoms with Crippen molar-refractivity contribution in [2.45, 2.75) is 50.6 Å². The molecular formula is C14H24N2. The van der Waals surface area contributed by atoms with E-state index in [1.165, 1.54) is 32.4 Å². The van der Waals surface area contributed by atoms with Crippen LogP contribution in [0.3, 0.4) is 0 Å². The Kier molecular flexibility index (Phi) is 2.29. The van der Waals surface area contributed by atoms with Gasteiger partial charge in [-0.15, -0.1) is 0 Å². The first-order valence-electron chi connectivity index (χ1n) is 7.40. The van der Waals surface area contributed by atoms with Crippen molar-refractivity contribution in [2.24, 2.45) is 23.7 Å². The van der Waals surface area contributed by atoms with Gasteiger partial charge in [0.05, 0.1) is 0 Å². The summed E-state index contributed by atoms with van der Waals surface area (Å²) in [5, 5.41) is 7.40. The zero-order valence-corrected chi connectivity index (χ0v) is 10.1. The lowest BCUT2D eigenvalue weighted by Crippen LogP contribution is -2.27. The highest BCUT2D eigenvalue weighted by atomic mass is 15.0. The molecule has 4 atom stereocenters. The molecule has 2 bridgehead atoms. The summed E-state index contributed by atoms with van der Waals surface area (Å²) in [6, 6.07) is 1.82. The minimum Gasteiger partial charge on any atom is -0.314 e. The van der Waals surface area contributed by atoms with Crippen LogP contribution in [0, 0.1) is 23.7 Å². The highest BCUT2D eigenvalue weighted by Crippen LogP contribution is 2.65. The summed E-state index contributed by atoms with van der Waals surface area (Å²) in [7, 11) is 0. The highest BCUT2D eigenvalue weighted by Gasteiger charge is 2.64. The molecule has 0 radical (unpaired) electrons. The molecule has 4 saturated carbocycles. The molecule has 0 amide bonds. The van der Waals surface area contributed by atoms with Crippen LogP contribution in [0.2, 0.25) is 0 Å². The number of nitrogens with one attached hydrogen (secondary N) is 2. The monoisotopic (exact) mass is 220 g/mol. The average Bonchev–Trinajstić information content (AvgIpc) is 3.18. The van der Waals surface area contributed by atoms with E-state index in [0.717, 1.165) is 35.8 Å². The third-order valence-corrected chi connectivity index (χ3v) is 5.48. The van der Waals surface area contributed by atoms with Gasteiger partial charge in [0.2, 0.25) is 0 Å². The summed E-state index contributed by atoms with van der Waals surface area (Å²) in [5.41, 5.74) is 0. The lowest BCUT2D eigenvalue weighted by molar-refractivity contribution is 0.456. The molecule has 4 fully saturated rings. The third-order valence-electron chi connectivity index (χ3n) is 5.48. The standard InChI is InChI=1S/C14H24N2/c1(6-15-11-4-5-11)7-16-14-12-9-2-3-10(8-9)13(12)14/h9-16H,1-8H2. The molecule has 0 aliphatic heterocycles. The molecule has 0 aromatic carbocycles. The van der Waals surface area contributed by atoms with Crippen molar-refractivity contribution in [3.63, 3.8) is 0 Å². The number of rotatable bonds is 6. The second-order valence-electron chi connectivity index (χ2n) is 6.55. The van der Waals surface area contributed by atoms with Crippen LogP contribution in [-0.4, -0.2) is 25.2 Å². The Balaban J connectivity index is 1.15. The summed E-state index contributed by atoms with van der Waals surface area (Å²) in [5.74, 6) is 4.46. The Morgan fingerprint density at radius 2 is 1.50 bits per heavy atom. The van der Waals surface area contributed by atoms with Crippen LogP contribution < -0.4 is 10.6 Å². The van der Waals surface area contributed by atoms with Crippen molar-refractivity contribution in [1.29, 1.82) is 0 Å². The molecule has 0 heterocycles. The molecular weight excluding hydrogens is 196 g/mol. The number of hydrogen-bond acceptors (Lipinski definition) is 2. The predicted octanol–water partition coefficient (Wildman–Crippen LogP) is 1.76. The highest BCUT2D eigenvalue weighted by molar-refractivity contribution is 5.16. The van der Waals surface area contributed by atoms with Crippen LogP contribution in [0.25, 0.3) is 0 Å². The zero-order chi connectivity index (χ0) is 10.5. The van der Waals surface area contributed by atoms with Gasteiger partial charge in [0.25, 0.3) is 0 Å². The molecule has 0 saturated heterocycles. The first-order valence-corrected chi connectivity index (χ1v) is 7.40. The molecule has 2 heteroatoms.